The molecule has 1 heterocycles. The number of halogens is 1. The van der Waals surface area contributed by atoms with Gasteiger partial charge in [0.05, 0.1) is 11.6 Å². The normalized spacial score (nSPS) is 13.4. The predicted molar refractivity (Wildman–Crippen MR) is 63.3 cm³/mol. The largest absolute Gasteiger partial charge is 0.389 e. The molecule has 15 heavy (non-hydrogen) atoms. The van der Waals surface area contributed by atoms with Gasteiger partial charge in [0.1, 0.15) is 5.15 Å². The Morgan fingerprint density at radius 1 is 1.40 bits per heavy atom. The minimum absolute atomic E-state index is 0.539. The fourth-order valence-electron chi connectivity index (χ4n) is 2.11. The number of aliphatic hydroxyl groups is 1. The fourth-order valence-corrected chi connectivity index (χ4v) is 2.45. The predicted octanol–water partition coefficient (Wildman–Crippen LogP) is 3.19. The maximum atomic E-state index is 9.71. The van der Waals surface area contributed by atoms with Gasteiger partial charge in [0.25, 0.3) is 0 Å². The Bertz CT molecular complexity index is 514. The number of aromatic nitrogens is 1. The number of fused-ring (bicyclic) bond motifs is 1. The van der Waals surface area contributed by atoms with Gasteiger partial charge < -0.3 is 9.67 Å². The first-order chi connectivity index (χ1) is 7.04. The van der Waals surface area contributed by atoms with Gasteiger partial charge in [-0.3, -0.25) is 0 Å². The van der Waals surface area contributed by atoms with E-state index in [1.165, 1.54) is 5.56 Å². The molecule has 1 unspecified atom stereocenters. The van der Waals surface area contributed by atoms with Crippen molar-refractivity contribution in [2.75, 3.05) is 0 Å². The highest BCUT2D eigenvalue weighted by molar-refractivity contribution is 6.32. The van der Waals surface area contributed by atoms with Crippen LogP contribution in [-0.2, 0) is 7.05 Å². The summed E-state index contributed by atoms with van der Waals surface area (Å²) in [6.07, 6.45) is -0.539. The molecule has 1 aromatic carbocycles. The summed E-state index contributed by atoms with van der Waals surface area (Å²) in [5.74, 6) is 0. The van der Waals surface area contributed by atoms with Crippen molar-refractivity contribution in [3.05, 3.63) is 34.5 Å². The Labute approximate surface area is 94.1 Å². The second kappa shape index (κ2) is 3.54. The summed E-state index contributed by atoms with van der Waals surface area (Å²) in [4.78, 5) is 0. The molecule has 0 spiro atoms. The van der Waals surface area contributed by atoms with Gasteiger partial charge in [-0.2, -0.15) is 0 Å². The molecular formula is C12H14ClNO. The van der Waals surface area contributed by atoms with Crippen LogP contribution >= 0.6 is 11.6 Å². The van der Waals surface area contributed by atoms with Crippen LogP contribution in [0.1, 0.15) is 24.2 Å². The lowest BCUT2D eigenvalue weighted by Gasteiger charge is -2.02. The molecule has 1 N–H and O–H groups in total. The van der Waals surface area contributed by atoms with Crippen LogP contribution in [0, 0.1) is 6.92 Å². The molecule has 0 aliphatic heterocycles. The van der Waals surface area contributed by atoms with Crippen molar-refractivity contribution in [1.82, 2.24) is 4.57 Å². The van der Waals surface area contributed by atoms with Gasteiger partial charge in [0, 0.05) is 18.0 Å². The van der Waals surface area contributed by atoms with E-state index in [1.807, 2.05) is 36.7 Å². The summed E-state index contributed by atoms with van der Waals surface area (Å²) in [6, 6.07) is 6.03. The molecule has 2 nitrogen and oxygen atoms in total. The van der Waals surface area contributed by atoms with Crippen LogP contribution in [0.4, 0.5) is 0 Å². The first kappa shape index (κ1) is 10.5. The van der Waals surface area contributed by atoms with E-state index in [-0.39, 0.29) is 0 Å². The van der Waals surface area contributed by atoms with Gasteiger partial charge in [0.15, 0.2) is 0 Å². The maximum absolute atomic E-state index is 9.71. The third-order valence-electron chi connectivity index (χ3n) is 2.80. The number of rotatable bonds is 1. The third kappa shape index (κ3) is 1.45. The number of hydrogen-bond acceptors (Lipinski definition) is 1. The molecular weight excluding hydrogens is 210 g/mol. The molecule has 0 bridgehead atoms. The number of para-hydroxylation sites is 1. The molecule has 0 saturated heterocycles. The first-order valence-corrected chi connectivity index (χ1v) is 5.33. The Balaban J connectivity index is 2.94. The zero-order chi connectivity index (χ0) is 11.2. The molecule has 2 rings (SSSR count). The first-order valence-electron chi connectivity index (χ1n) is 4.95. The van der Waals surface area contributed by atoms with E-state index in [2.05, 4.69) is 0 Å². The van der Waals surface area contributed by atoms with Crippen molar-refractivity contribution in [2.45, 2.75) is 20.0 Å². The Morgan fingerprint density at radius 2 is 2.07 bits per heavy atom. The van der Waals surface area contributed by atoms with E-state index in [0.29, 0.717) is 5.15 Å². The summed E-state index contributed by atoms with van der Waals surface area (Å²) in [5, 5.41) is 11.4. The Kier molecular flexibility index (Phi) is 2.49. The number of aliphatic hydroxyl groups excluding tert-OH is 1. The van der Waals surface area contributed by atoms with E-state index in [9.17, 15) is 5.11 Å². The summed E-state index contributed by atoms with van der Waals surface area (Å²) >= 11 is 6.21. The number of benzene rings is 1. The SMILES string of the molecule is Cc1cccc2c(C(C)O)c(Cl)n(C)c12. The van der Waals surface area contributed by atoms with E-state index < -0.39 is 6.10 Å². The highest BCUT2D eigenvalue weighted by Gasteiger charge is 2.17. The van der Waals surface area contributed by atoms with Crippen molar-refractivity contribution < 1.29 is 5.11 Å². The standard InChI is InChI=1S/C12H14ClNO/c1-7-5-4-6-9-10(8(2)15)12(13)14(3)11(7)9/h4-6,8,15H,1-3H3. The van der Waals surface area contributed by atoms with Crippen LogP contribution in [0.25, 0.3) is 10.9 Å². The van der Waals surface area contributed by atoms with Gasteiger partial charge in [-0.05, 0) is 19.4 Å². The van der Waals surface area contributed by atoms with Crippen LogP contribution < -0.4 is 0 Å². The van der Waals surface area contributed by atoms with Gasteiger partial charge >= 0.3 is 0 Å². The van der Waals surface area contributed by atoms with Crippen LogP contribution in [-0.4, -0.2) is 9.67 Å². The molecule has 80 valence electrons. The maximum Gasteiger partial charge on any atom is 0.115 e. The second-order valence-electron chi connectivity index (χ2n) is 3.91. The van der Waals surface area contributed by atoms with Crippen molar-refractivity contribution in [3.63, 3.8) is 0 Å². The van der Waals surface area contributed by atoms with Crippen molar-refractivity contribution in [1.29, 1.82) is 0 Å². The van der Waals surface area contributed by atoms with E-state index in [4.69, 9.17) is 11.6 Å². The fraction of sp³-hybridized carbons (Fsp3) is 0.333. The molecule has 1 atom stereocenters. The average Bonchev–Trinajstić information content (AvgIpc) is 2.41. The highest BCUT2D eigenvalue weighted by Crippen LogP contribution is 2.34. The molecule has 2 aromatic rings. The van der Waals surface area contributed by atoms with Crippen LogP contribution in [0.2, 0.25) is 5.15 Å². The molecule has 0 aliphatic rings. The molecule has 0 aliphatic carbocycles. The van der Waals surface area contributed by atoms with E-state index in [1.54, 1.807) is 6.92 Å². The Hall–Kier alpha value is -0.990. The molecule has 3 heteroatoms. The van der Waals surface area contributed by atoms with Crippen LogP contribution in [0.15, 0.2) is 18.2 Å². The number of aryl methyl sites for hydroxylation is 2. The molecule has 0 radical (unpaired) electrons. The van der Waals surface area contributed by atoms with Gasteiger partial charge in [0.2, 0.25) is 0 Å². The second-order valence-corrected chi connectivity index (χ2v) is 4.27. The summed E-state index contributed by atoms with van der Waals surface area (Å²) in [5.41, 5.74) is 3.08. The Morgan fingerprint density at radius 3 is 2.67 bits per heavy atom. The molecule has 0 amide bonds. The summed E-state index contributed by atoms with van der Waals surface area (Å²) in [6.45, 7) is 3.79. The molecule has 0 fully saturated rings. The minimum atomic E-state index is -0.539. The molecule has 0 saturated carbocycles. The van der Waals surface area contributed by atoms with Crippen LogP contribution in [0.5, 0.6) is 0 Å². The lowest BCUT2D eigenvalue weighted by atomic mass is 10.1. The monoisotopic (exact) mass is 223 g/mol. The van der Waals surface area contributed by atoms with Crippen molar-refractivity contribution in [3.8, 4) is 0 Å². The number of nitrogens with zero attached hydrogens (tertiary/aromatic N) is 1. The van der Waals surface area contributed by atoms with Gasteiger partial charge in [-0.1, -0.05) is 29.8 Å². The zero-order valence-electron chi connectivity index (χ0n) is 9.08. The average molecular weight is 224 g/mol. The number of hydrogen-bond donors (Lipinski definition) is 1. The van der Waals surface area contributed by atoms with E-state index in [0.717, 1.165) is 16.5 Å². The minimum Gasteiger partial charge on any atom is -0.389 e. The van der Waals surface area contributed by atoms with Crippen LogP contribution in [0.3, 0.4) is 0 Å². The highest BCUT2D eigenvalue weighted by atomic mass is 35.5. The quantitative estimate of drug-likeness (QED) is 0.789. The van der Waals surface area contributed by atoms with Crippen molar-refractivity contribution in [2.24, 2.45) is 7.05 Å². The topological polar surface area (TPSA) is 25.2 Å². The smallest absolute Gasteiger partial charge is 0.115 e. The summed E-state index contributed by atoms with van der Waals surface area (Å²) in [7, 11) is 1.92. The van der Waals surface area contributed by atoms with E-state index >= 15 is 0 Å². The van der Waals surface area contributed by atoms with Crippen molar-refractivity contribution >= 4 is 22.5 Å². The van der Waals surface area contributed by atoms with Gasteiger partial charge in [-0.25, -0.2) is 0 Å². The molecule has 1 aromatic heterocycles. The third-order valence-corrected chi connectivity index (χ3v) is 3.25. The zero-order valence-corrected chi connectivity index (χ0v) is 9.84. The lowest BCUT2D eigenvalue weighted by Crippen LogP contribution is -1.92. The lowest BCUT2D eigenvalue weighted by molar-refractivity contribution is 0.201. The summed E-state index contributed by atoms with van der Waals surface area (Å²) < 4.78 is 1.92. The van der Waals surface area contributed by atoms with Gasteiger partial charge in [-0.15, -0.1) is 0 Å².